The Hall–Kier alpha value is -4.41. The fraction of sp³-hybridized carbons (Fsp3) is 0.425. The number of hydrogen-bond acceptors (Lipinski definition) is 7. The van der Waals surface area contributed by atoms with E-state index in [4.69, 9.17) is 16.3 Å². The van der Waals surface area contributed by atoms with Crippen molar-refractivity contribution in [1.82, 2.24) is 14.8 Å². The minimum Gasteiger partial charge on any atom is -0.496 e. The largest absolute Gasteiger partial charge is 0.496 e. The van der Waals surface area contributed by atoms with Crippen LogP contribution in [0.1, 0.15) is 44.1 Å². The van der Waals surface area contributed by atoms with Crippen LogP contribution in [0.5, 0.6) is 5.75 Å². The average molecular weight is 716 g/mol. The molecule has 6 rings (SSSR count). The van der Waals surface area contributed by atoms with Crippen LogP contribution >= 0.6 is 11.6 Å². The number of hydrogen-bond donors (Lipinski definition) is 2. The Bertz CT molecular complexity index is 1920. The van der Waals surface area contributed by atoms with E-state index in [2.05, 4.69) is 32.6 Å². The maximum atomic E-state index is 14.3. The van der Waals surface area contributed by atoms with Crippen molar-refractivity contribution in [2.75, 3.05) is 50.6 Å². The van der Waals surface area contributed by atoms with Crippen molar-refractivity contribution >= 4 is 45.9 Å². The number of benzene rings is 3. The van der Waals surface area contributed by atoms with Gasteiger partial charge < -0.3 is 29.6 Å². The second kappa shape index (κ2) is 16.3. The highest BCUT2D eigenvalue weighted by atomic mass is 35.5. The molecule has 1 unspecified atom stereocenters. The number of nitrogens with zero attached hydrogens (tertiary/aromatic N) is 3. The lowest BCUT2D eigenvalue weighted by Crippen LogP contribution is -2.40. The third-order valence-corrected chi connectivity index (χ3v) is 11.1. The zero-order chi connectivity index (χ0) is 36.1. The molecule has 3 aromatic carbocycles. The number of halogens is 2. The maximum Gasteiger partial charge on any atom is 0.258 e. The molecule has 270 valence electrons. The van der Waals surface area contributed by atoms with Crippen LogP contribution in [-0.2, 0) is 23.2 Å². The standard InChI is InChI=1S/C40H47ClFN5O4/c1-43-39(49)11-7-31(25-48)44-30-5-8-32(9-6-30)47-18-14-27(15-19-47)26-12-16-46(17-13-26)24-36-37(41)20-28(21-38(36)51-3)35-23-45(2)40(50)33-10-4-29(42)22-34(33)35/h4-6,8-10,20-23,25-27,31,44H,7,11-19,24H2,1-3H3,(H,43,49). The predicted octanol–water partition coefficient (Wildman–Crippen LogP) is 6.64. The molecule has 51 heavy (non-hydrogen) atoms. The van der Waals surface area contributed by atoms with Gasteiger partial charge in [-0.1, -0.05) is 11.6 Å². The van der Waals surface area contributed by atoms with Gasteiger partial charge in [0.15, 0.2) is 0 Å². The maximum absolute atomic E-state index is 14.3. The molecule has 1 aromatic heterocycles. The number of methoxy groups -OCH3 is 1. The van der Waals surface area contributed by atoms with Crippen LogP contribution in [0.25, 0.3) is 21.9 Å². The number of carbonyl (C=O) groups excluding carboxylic acids is 2. The summed E-state index contributed by atoms with van der Waals surface area (Å²) >= 11 is 6.93. The third-order valence-electron chi connectivity index (χ3n) is 10.8. The molecule has 1 amide bonds. The summed E-state index contributed by atoms with van der Waals surface area (Å²) in [5.41, 5.74) is 4.30. The highest BCUT2D eigenvalue weighted by Gasteiger charge is 2.30. The second-order valence-corrected chi connectivity index (χ2v) is 14.3. The van der Waals surface area contributed by atoms with Gasteiger partial charge in [-0.05, 0) is 123 Å². The van der Waals surface area contributed by atoms with Gasteiger partial charge in [-0.2, -0.15) is 0 Å². The molecule has 0 aliphatic carbocycles. The molecule has 4 aromatic rings. The van der Waals surface area contributed by atoms with Crippen LogP contribution in [0.3, 0.4) is 0 Å². The number of fused-ring (bicyclic) bond motifs is 1. The van der Waals surface area contributed by atoms with Gasteiger partial charge in [0.1, 0.15) is 17.9 Å². The topological polar surface area (TPSA) is 95.9 Å². The fourth-order valence-electron chi connectivity index (χ4n) is 7.77. The summed E-state index contributed by atoms with van der Waals surface area (Å²) in [6, 6.07) is 15.9. The number of pyridine rings is 1. The Kier molecular flexibility index (Phi) is 11.6. The quantitative estimate of drug-likeness (QED) is 0.159. The summed E-state index contributed by atoms with van der Waals surface area (Å²) in [6.45, 7) is 4.73. The van der Waals surface area contributed by atoms with Gasteiger partial charge in [0, 0.05) is 79.3 Å². The zero-order valence-electron chi connectivity index (χ0n) is 29.6. The number of aryl methyl sites for hydroxylation is 1. The highest BCUT2D eigenvalue weighted by Crippen LogP contribution is 2.39. The molecule has 0 bridgehead atoms. The summed E-state index contributed by atoms with van der Waals surface area (Å²) in [7, 11) is 4.93. The number of carbonyl (C=O) groups is 2. The molecule has 2 N–H and O–H groups in total. The van der Waals surface area contributed by atoms with Gasteiger partial charge in [-0.15, -0.1) is 0 Å². The van der Waals surface area contributed by atoms with Gasteiger partial charge >= 0.3 is 0 Å². The molecule has 1 atom stereocenters. The summed E-state index contributed by atoms with van der Waals surface area (Å²) < 4.78 is 21.6. The van der Waals surface area contributed by atoms with E-state index in [1.54, 1.807) is 27.4 Å². The molecule has 11 heteroatoms. The number of ether oxygens (including phenoxy) is 1. The van der Waals surface area contributed by atoms with Crippen molar-refractivity contribution < 1.29 is 18.7 Å². The Balaban J connectivity index is 1.02. The minimum absolute atomic E-state index is 0.0733. The highest BCUT2D eigenvalue weighted by molar-refractivity contribution is 6.32. The molecule has 3 heterocycles. The normalized spacial score (nSPS) is 16.6. The van der Waals surface area contributed by atoms with Crippen LogP contribution in [0.2, 0.25) is 5.02 Å². The van der Waals surface area contributed by atoms with Crippen LogP contribution in [0.4, 0.5) is 15.8 Å². The van der Waals surface area contributed by atoms with E-state index >= 15 is 0 Å². The molecule has 2 fully saturated rings. The number of likely N-dealkylation sites (tertiary alicyclic amines) is 1. The van der Waals surface area contributed by atoms with Gasteiger partial charge in [-0.25, -0.2) is 4.39 Å². The van der Waals surface area contributed by atoms with E-state index < -0.39 is 11.9 Å². The molecule has 0 radical (unpaired) electrons. The monoisotopic (exact) mass is 715 g/mol. The first-order valence-electron chi connectivity index (χ1n) is 17.8. The van der Waals surface area contributed by atoms with E-state index in [0.717, 1.165) is 67.7 Å². The SMILES string of the molecule is CNC(=O)CCC(C=O)Nc1ccc(N2CCC(C3CCN(Cc4c(Cl)cc(-c5cn(C)c(=O)c6ccc(F)cc56)cc4OC)CC3)CC2)cc1. The van der Waals surface area contributed by atoms with Gasteiger partial charge in [0.2, 0.25) is 5.91 Å². The van der Waals surface area contributed by atoms with Gasteiger partial charge in [0.05, 0.1) is 13.2 Å². The number of rotatable bonds is 12. The van der Waals surface area contributed by atoms with Crippen molar-refractivity contribution in [2.45, 2.75) is 51.1 Å². The Morgan fingerprint density at radius 3 is 2.33 bits per heavy atom. The third kappa shape index (κ3) is 8.39. The lowest BCUT2D eigenvalue weighted by molar-refractivity contribution is -0.120. The first-order chi connectivity index (χ1) is 24.7. The molecular formula is C40H47ClFN5O4. The van der Waals surface area contributed by atoms with Gasteiger partial charge in [0.25, 0.3) is 5.56 Å². The second-order valence-electron chi connectivity index (χ2n) is 13.9. The summed E-state index contributed by atoms with van der Waals surface area (Å²) in [5, 5.41) is 7.41. The summed E-state index contributed by atoms with van der Waals surface area (Å²) in [6.07, 6.45) is 7.98. The molecule has 2 saturated heterocycles. The van der Waals surface area contributed by atoms with Crippen LogP contribution in [0.15, 0.2) is 65.6 Å². The molecule has 0 spiro atoms. The number of piperidine rings is 2. The zero-order valence-corrected chi connectivity index (χ0v) is 30.3. The van der Waals surface area contributed by atoms with Crippen LogP contribution in [-0.4, -0.2) is 68.0 Å². The van der Waals surface area contributed by atoms with E-state index in [9.17, 15) is 18.8 Å². The van der Waals surface area contributed by atoms with Crippen LogP contribution < -0.4 is 25.8 Å². The van der Waals surface area contributed by atoms with E-state index in [-0.39, 0.29) is 11.5 Å². The summed E-state index contributed by atoms with van der Waals surface area (Å²) in [5.74, 6) is 1.61. The number of amides is 1. The smallest absolute Gasteiger partial charge is 0.258 e. The first-order valence-corrected chi connectivity index (χ1v) is 18.2. The molecule has 9 nitrogen and oxygen atoms in total. The number of aldehydes is 1. The Morgan fingerprint density at radius 1 is 1.00 bits per heavy atom. The first kappa shape index (κ1) is 36.4. The van der Waals surface area contributed by atoms with E-state index in [1.807, 2.05) is 24.3 Å². The molecule has 0 saturated carbocycles. The van der Waals surface area contributed by atoms with Gasteiger partial charge in [-0.3, -0.25) is 14.5 Å². The van der Waals surface area contributed by atoms with Crippen molar-refractivity contribution in [3.05, 3.63) is 87.6 Å². The summed E-state index contributed by atoms with van der Waals surface area (Å²) in [4.78, 5) is 40.7. The molecular weight excluding hydrogens is 669 g/mol. The number of aromatic nitrogens is 1. The van der Waals surface area contributed by atoms with E-state index in [0.29, 0.717) is 52.8 Å². The average Bonchev–Trinajstić information content (AvgIpc) is 3.15. The number of anilines is 2. The molecule has 2 aliphatic rings. The van der Waals surface area contributed by atoms with E-state index in [1.165, 1.54) is 41.3 Å². The fourth-order valence-corrected chi connectivity index (χ4v) is 8.04. The van der Waals surface area contributed by atoms with Crippen molar-refractivity contribution in [1.29, 1.82) is 0 Å². The predicted molar refractivity (Wildman–Crippen MR) is 202 cm³/mol. The van der Waals surface area contributed by atoms with Crippen LogP contribution in [0, 0.1) is 17.7 Å². The number of nitrogens with one attached hydrogen (secondary N) is 2. The molecule has 2 aliphatic heterocycles. The lowest BCUT2D eigenvalue weighted by atomic mass is 9.78. The van der Waals surface area contributed by atoms with Crippen molar-refractivity contribution in [3.8, 4) is 16.9 Å². The minimum atomic E-state index is -0.400. The lowest BCUT2D eigenvalue weighted by Gasteiger charge is -2.41. The Labute approximate surface area is 303 Å². The van der Waals surface area contributed by atoms with Crippen molar-refractivity contribution in [3.63, 3.8) is 0 Å². The van der Waals surface area contributed by atoms with Crippen molar-refractivity contribution in [2.24, 2.45) is 18.9 Å². The Morgan fingerprint density at radius 2 is 1.69 bits per heavy atom.